The molecule has 0 unspecified atom stereocenters. The predicted molar refractivity (Wildman–Crippen MR) is 109 cm³/mol. The number of nitrogens with one attached hydrogen (secondary N) is 1. The third-order valence-electron chi connectivity index (χ3n) is 5.85. The maximum absolute atomic E-state index is 11.9. The number of rotatable bonds is 2. The Morgan fingerprint density at radius 2 is 1.96 bits per heavy atom. The van der Waals surface area contributed by atoms with Gasteiger partial charge in [-0.2, -0.15) is 0 Å². The van der Waals surface area contributed by atoms with Gasteiger partial charge in [0.15, 0.2) is 5.78 Å². The van der Waals surface area contributed by atoms with Gasteiger partial charge in [-0.25, -0.2) is 0 Å². The van der Waals surface area contributed by atoms with Crippen molar-refractivity contribution < 1.29 is 4.79 Å². The summed E-state index contributed by atoms with van der Waals surface area (Å²) in [6.45, 7) is 3.60. The normalized spacial score (nSPS) is 21.0. The molecule has 0 saturated heterocycles. The Labute approximate surface area is 155 Å². The Hall–Kier alpha value is -2.29. The van der Waals surface area contributed by atoms with E-state index in [0.717, 1.165) is 25.1 Å². The summed E-state index contributed by atoms with van der Waals surface area (Å²) in [5.74, 6) is 0.780. The summed E-state index contributed by atoms with van der Waals surface area (Å²) in [6.07, 6.45) is 16.2. The van der Waals surface area contributed by atoms with Crippen LogP contribution in [0.2, 0.25) is 0 Å². The molecule has 0 radical (unpaired) electrons. The summed E-state index contributed by atoms with van der Waals surface area (Å²) in [6, 6.07) is 6.31. The Balaban J connectivity index is 1.94. The van der Waals surface area contributed by atoms with Crippen molar-refractivity contribution in [2.75, 3.05) is 6.54 Å². The molecule has 0 bridgehead atoms. The van der Waals surface area contributed by atoms with Crippen LogP contribution in [-0.2, 0) is 6.54 Å². The summed E-state index contributed by atoms with van der Waals surface area (Å²) in [7, 11) is 0. The zero-order chi connectivity index (χ0) is 17.9. The van der Waals surface area contributed by atoms with E-state index in [1.807, 2.05) is 12.3 Å². The number of hydrogen-bond donors (Lipinski definition) is 1. The number of hydrogen-bond acceptors (Lipinski definition) is 2. The fourth-order valence-corrected chi connectivity index (χ4v) is 4.55. The van der Waals surface area contributed by atoms with E-state index in [9.17, 15) is 4.79 Å². The summed E-state index contributed by atoms with van der Waals surface area (Å²) in [5.41, 5.74) is 4.89. The van der Waals surface area contributed by atoms with Crippen molar-refractivity contribution in [3.63, 3.8) is 0 Å². The average molecular weight is 348 g/mol. The lowest BCUT2D eigenvalue weighted by atomic mass is 9.82. The number of aryl methyl sites for hydroxylation is 1. The number of nitrogens with zero attached hydrogens (tertiary/aromatic N) is 1. The van der Waals surface area contributed by atoms with E-state index >= 15 is 0 Å². The average Bonchev–Trinajstić information content (AvgIpc) is 2.98. The number of fused-ring (bicyclic) bond motifs is 3. The predicted octanol–water partition coefficient (Wildman–Crippen LogP) is 5.41. The summed E-state index contributed by atoms with van der Waals surface area (Å²) >= 11 is 0. The fraction of sp³-hybridized carbons (Fsp3) is 0.435. The molecule has 1 aliphatic heterocycles. The smallest absolute Gasteiger partial charge is 0.159 e. The van der Waals surface area contributed by atoms with E-state index in [4.69, 9.17) is 0 Å². The Bertz CT molecular complexity index is 866. The van der Waals surface area contributed by atoms with Gasteiger partial charge in [0.25, 0.3) is 0 Å². The first kappa shape index (κ1) is 17.1. The molecule has 136 valence electrons. The van der Waals surface area contributed by atoms with Crippen molar-refractivity contribution in [3.8, 4) is 0 Å². The van der Waals surface area contributed by atoms with Crippen molar-refractivity contribution in [1.29, 1.82) is 0 Å². The number of carbonyl (C=O) groups is 1. The van der Waals surface area contributed by atoms with E-state index in [1.165, 1.54) is 54.3 Å². The molecule has 1 saturated carbocycles. The lowest BCUT2D eigenvalue weighted by Crippen LogP contribution is -2.12. The lowest BCUT2D eigenvalue weighted by molar-refractivity contribution is 0.101. The molecule has 2 aliphatic rings. The van der Waals surface area contributed by atoms with Crippen LogP contribution in [0.4, 0.5) is 0 Å². The molecule has 1 aliphatic carbocycles. The van der Waals surface area contributed by atoms with Crippen molar-refractivity contribution in [1.82, 2.24) is 9.88 Å². The number of ketones is 1. The third-order valence-corrected chi connectivity index (χ3v) is 5.85. The number of allylic oxidation sites excluding steroid dienone is 2. The fourth-order valence-electron chi connectivity index (χ4n) is 4.55. The number of benzene rings is 1. The second-order valence-electron chi connectivity index (χ2n) is 7.60. The second kappa shape index (κ2) is 7.53. The molecule has 1 aromatic heterocycles. The van der Waals surface area contributed by atoms with Gasteiger partial charge in [-0.05, 0) is 62.1 Å². The topological polar surface area (TPSA) is 34.0 Å². The molecule has 0 spiro atoms. The monoisotopic (exact) mass is 348 g/mol. The van der Waals surface area contributed by atoms with Crippen LogP contribution in [-0.4, -0.2) is 16.9 Å². The van der Waals surface area contributed by atoms with Gasteiger partial charge in [0, 0.05) is 35.2 Å². The highest BCUT2D eigenvalue weighted by Crippen LogP contribution is 2.41. The lowest BCUT2D eigenvalue weighted by Gasteiger charge is -2.23. The molecule has 1 N–H and O–H groups in total. The Morgan fingerprint density at radius 3 is 2.77 bits per heavy atom. The largest absolute Gasteiger partial charge is 0.391 e. The van der Waals surface area contributed by atoms with Gasteiger partial charge >= 0.3 is 0 Å². The SMILES string of the molecule is CC(=O)c1ccc2c(C3CCCCC3)c3n(c2c1)CCCN/C=C\C=C\3. The van der Waals surface area contributed by atoms with Crippen molar-refractivity contribution in [2.24, 2.45) is 0 Å². The minimum atomic E-state index is 0.140. The van der Waals surface area contributed by atoms with Crippen molar-refractivity contribution in [3.05, 3.63) is 53.4 Å². The van der Waals surface area contributed by atoms with Crippen molar-refractivity contribution in [2.45, 2.75) is 57.9 Å². The van der Waals surface area contributed by atoms with Gasteiger partial charge in [-0.15, -0.1) is 0 Å². The van der Waals surface area contributed by atoms with Gasteiger partial charge in [0.2, 0.25) is 0 Å². The quantitative estimate of drug-likeness (QED) is 0.736. The first-order chi connectivity index (χ1) is 12.8. The highest BCUT2D eigenvalue weighted by atomic mass is 16.1. The minimum absolute atomic E-state index is 0.140. The van der Waals surface area contributed by atoms with E-state index in [0.29, 0.717) is 5.92 Å². The third kappa shape index (κ3) is 3.23. The van der Waals surface area contributed by atoms with Crippen LogP contribution in [0.3, 0.4) is 0 Å². The molecule has 2 heterocycles. The highest BCUT2D eigenvalue weighted by molar-refractivity contribution is 5.99. The molecule has 4 rings (SSSR count). The van der Waals surface area contributed by atoms with Crippen LogP contribution in [0.1, 0.15) is 73.0 Å². The van der Waals surface area contributed by atoms with E-state index in [2.05, 4.69) is 40.2 Å². The summed E-state index contributed by atoms with van der Waals surface area (Å²) in [5, 5.41) is 4.68. The van der Waals surface area contributed by atoms with Crippen molar-refractivity contribution >= 4 is 22.8 Å². The molecule has 2 aromatic rings. The van der Waals surface area contributed by atoms with Crippen LogP contribution < -0.4 is 5.32 Å². The number of carbonyl (C=O) groups excluding carboxylic acids is 1. The summed E-state index contributed by atoms with van der Waals surface area (Å²) in [4.78, 5) is 11.9. The maximum Gasteiger partial charge on any atom is 0.159 e. The Morgan fingerprint density at radius 1 is 1.12 bits per heavy atom. The minimum Gasteiger partial charge on any atom is -0.391 e. The zero-order valence-electron chi connectivity index (χ0n) is 15.6. The molecular formula is C23H28N2O. The van der Waals surface area contributed by atoms with Gasteiger partial charge in [0.1, 0.15) is 0 Å². The van der Waals surface area contributed by atoms with Gasteiger partial charge in [-0.1, -0.05) is 37.5 Å². The van der Waals surface area contributed by atoms with E-state index in [1.54, 1.807) is 6.92 Å². The molecule has 1 fully saturated rings. The van der Waals surface area contributed by atoms with Crippen LogP contribution in [0.15, 0.2) is 36.6 Å². The molecule has 0 amide bonds. The molecule has 1 aromatic carbocycles. The number of Topliss-reactive ketones (excluding diaryl/α,β-unsaturated/α-hetero) is 1. The molecule has 26 heavy (non-hydrogen) atoms. The van der Waals surface area contributed by atoms with E-state index < -0.39 is 0 Å². The summed E-state index contributed by atoms with van der Waals surface area (Å²) < 4.78 is 2.45. The van der Waals surface area contributed by atoms with Crippen LogP contribution >= 0.6 is 0 Å². The van der Waals surface area contributed by atoms with Crippen LogP contribution in [0, 0.1) is 0 Å². The molecule has 0 atom stereocenters. The standard InChI is InChI=1S/C23H28N2O/c1-17(26)19-11-12-20-22(16-19)25-15-7-14-24-13-6-5-10-21(25)23(20)18-8-3-2-4-9-18/h5-6,10-13,16,18,24H,2-4,7-9,14-15H2,1H3/b10-5+,13-6-. The van der Waals surface area contributed by atoms with Gasteiger partial charge in [0.05, 0.1) is 0 Å². The first-order valence-corrected chi connectivity index (χ1v) is 9.99. The molecular weight excluding hydrogens is 320 g/mol. The number of aromatic nitrogens is 1. The molecule has 3 heteroatoms. The maximum atomic E-state index is 11.9. The second-order valence-corrected chi connectivity index (χ2v) is 7.60. The van der Waals surface area contributed by atoms with Crippen LogP contribution in [0.5, 0.6) is 0 Å². The first-order valence-electron chi connectivity index (χ1n) is 9.99. The Kier molecular flexibility index (Phi) is 4.96. The van der Waals surface area contributed by atoms with E-state index in [-0.39, 0.29) is 5.78 Å². The highest BCUT2D eigenvalue weighted by Gasteiger charge is 2.24. The zero-order valence-corrected chi connectivity index (χ0v) is 15.6. The van der Waals surface area contributed by atoms with Crippen LogP contribution in [0.25, 0.3) is 17.0 Å². The molecule has 3 nitrogen and oxygen atoms in total. The van der Waals surface area contributed by atoms with Gasteiger partial charge < -0.3 is 9.88 Å². The van der Waals surface area contributed by atoms with Gasteiger partial charge in [-0.3, -0.25) is 4.79 Å².